The molecule has 1 amide bonds. The third kappa shape index (κ3) is 4.64. The number of nitrogens with zero attached hydrogens (tertiary/aromatic N) is 2. The number of carbonyl (C=O) groups excluding carboxylic acids is 1. The summed E-state index contributed by atoms with van der Waals surface area (Å²) in [5, 5.41) is 4.15. The van der Waals surface area contributed by atoms with Crippen molar-refractivity contribution in [1.82, 2.24) is 9.55 Å². The van der Waals surface area contributed by atoms with Crippen LogP contribution in [0.2, 0.25) is 0 Å². The Kier molecular flexibility index (Phi) is 6.97. The molecule has 0 aliphatic heterocycles. The average Bonchev–Trinajstić information content (AvgIpc) is 3.00. The third-order valence-electron chi connectivity index (χ3n) is 4.70. The first-order valence-electron chi connectivity index (χ1n) is 9.52. The molecule has 0 spiro atoms. The average molecular weight is 432 g/mol. The lowest BCUT2D eigenvalue weighted by Gasteiger charge is -2.12. The number of aromatic nitrogens is 2. The van der Waals surface area contributed by atoms with Crippen molar-refractivity contribution in [2.24, 2.45) is 0 Å². The number of hydrogen-bond acceptors (Lipinski definition) is 6. The molecule has 0 radical (unpaired) electrons. The Hall–Kier alpha value is -2.32. The number of amides is 1. The van der Waals surface area contributed by atoms with Gasteiger partial charge in [0.1, 0.15) is 10.6 Å². The molecule has 6 nitrogen and oxygen atoms in total. The number of ether oxygens (including phenoxy) is 1. The second-order valence-electron chi connectivity index (χ2n) is 6.71. The lowest BCUT2D eigenvalue weighted by atomic mass is 10.2. The molecule has 0 atom stereocenters. The quantitative estimate of drug-likeness (QED) is 0.416. The molecule has 0 fully saturated rings. The lowest BCUT2D eigenvalue weighted by molar-refractivity contribution is -0.113. The van der Waals surface area contributed by atoms with Gasteiger partial charge in [-0.15, -0.1) is 11.3 Å². The highest BCUT2D eigenvalue weighted by atomic mass is 32.2. The molecule has 8 heteroatoms. The predicted molar refractivity (Wildman–Crippen MR) is 121 cm³/mol. The van der Waals surface area contributed by atoms with Gasteiger partial charge in [-0.25, -0.2) is 4.98 Å². The van der Waals surface area contributed by atoms with Gasteiger partial charge in [0, 0.05) is 11.4 Å². The molecule has 0 bridgehead atoms. The summed E-state index contributed by atoms with van der Waals surface area (Å²) in [6.45, 7) is 6.66. The zero-order chi connectivity index (χ0) is 21.0. The Bertz CT molecular complexity index is 1090. The van der Waals surface area contributed by atoms with Crippen molar-refractivity contribution in [1.29, 1.82) is 0 Å². The zero-order valence-corrected chi connectivity index (χ0v) is 18.7. The Morgan fingerprint density at radius 2 is 2.07 bits per heavy atom. The van der Waals surface area contributed by atoms with Crippen LogP contribution < -0.4 is 15.6 Å². The number of hydrogen-bond donors (Lipinski definition) is 1. The van der Waals surface area contributed by atoms with Gasteiger partial charge in [0.25, 0.3) is 5.56 Å². The fourth-order valence-corrected chi connectivity index (χ4v) is 4.89. The summed E-state index contributed by atoms with van der Waals surface area (Å²) in [6, 6.07) is 7.27. The molecule has 3 rings (SSSR count). The summed E-state index contributed by atoms with van der Waals surface area (Å²) in [5.74, 6) is 0.593. The summed E-state index contributed by atoms with van der Waals surface area (Å²) in [4.78, 5) is 32.2. The van der Waals surface area contributed by atoms with E-state index in [1.54, 1.807) is 23.8 Å². The van der Waals surface area contributed by atoms with Gasteiger partial charge in [0.2, 0.25) is 5.91 Å². The Morgan fingerprint density at radius 3 is 2.79 bits per heavy atom. The van der Waals surface area contributed by atoms with E-state index in [1.807, 2.05) is 26.0 Å². The van der Waals surface area contributed by atoms with Crippen LogP contribution in [0, 0.1) is 13.8 Å². The van der Waals surface area contributed by atoms with Gasteiger partial charge in [-0.05, 0) is 38.0 Å². The minimum atomic E-state index is -0.172. The van der Waals surface area contributed by atoms with E-state index >= 15 is 0 Å². The van der Waals surface area contributed by atoms with Crippen LogP contribution in [-0.4, -0.2) is 28.3 Å². The summed E-state index contributed by atoms with van der Waals surface area (Å²) >= 11 is 2.81. The predicted octanol–water partition coefficient (Wildman–Crippen LogP) is 4.61. The van der Waals surface area contributed by atoms with Crippen molar-refractivity contribution < 1.29 is 9.53 Å². The fraction of sp³-hybridized carbons (Fsp3) is 0.381. The minimum absolute atomic E-state index is 0.0158. The Morgan fingerprint density at radius 1 is 1.31 bits per heavy atom. The number of rotatable bonds is 8. The van der Waals surface area contributed by atoms with E-state index in [2.05, 4.69) is 12.2 Å². The first kappa shape index (κ1) is 21.4. The first-order chi connectivity index (χ1) is 14.0. The van der Waals surface area contributed by atoms with Crippen LogP contribution in [0.5, 0.6) is 5.75 Å². The van der Waals surface area contributed by atoms with E-state index in [4.69, 9.17) is 9.72 Å². The molecule has 1 aromatic carbocycles. The molecular formula is C21H25N3O3S2. The number of thioether (sulfide) groups is 1. The number of thiophene rings is 1. The zero-order valence-electron chi connectivity index (χ0n) is 17.1. The van der Waals surface area contributed by atoms with E-state index in [9.17, 15) is 9.59 Å². The van der Waals surface area contributed by atoms with Gasteiger partial charge in [0.15, 0.2) is 5.16 Å². The number of fused-ring (bicyclic) bond motifs is 1. The summed E-state index contributed by atoms with van der Waals surface area (Å²) in [5.41, 5.74) is 1.60. The summed E-state index contributed by atoms with van der Waals surface area (Å²) < 4.78 is 6.99. The van der Waals surface area contributed by atoms with Gasteiger partial charge < -0.3 is 10.1 Å². The molecule has 0 saturated carbocycles. The smallest absolute Gasteiger partial charge is 0.263 e. The largest absolute Gasteiger partial charge is 0.495 e. The van der Waals surface area contributed by atoms with Crippen LogP contribution in [0.3, 0.4) is 0 Å². The minimum Gasteiger partial charge on any atom is -0.495 e. The van der Waals surface area contributed by atoms with Gasteiger partial charge in [-0.1, -0.05) is 37.2 Å². The SMILES string of the molecule is CCCCn1c(SCC(=O)Nc2ccccc2OC)nc2sc(C)c(C)c2c1=O. The van der Waals surface area contributed by atoms with Crippen LogP contribution >= 0.6 is 23.1 Å². The second kappa shape index (κ2) is 9.45. The topological polar surface area (TPSA) is 73.2 Å². The number of unbranched alkanes of at least 4 members (excludes halogenated alkanes) is 1. The fourth-order valence-electron chi connectivity index (χ4n) is 3.00. The number of aryl methyl sites for hydroxylation is 2. The van der Waals surface area contributed by atoms with E-state index in [0.717, 1.165) is 28.1 Å². The number of benzene rings is 1. The molecule has 0 saturated heterocycles. The van der Waals surface area contributed by atoms with Crippen molar-refractivity contribution in [3.8, 4) is 5.75 Å². The molecular weight excluding hydrogens is 406 g/mol. The van der Waals surface area contributed by atoms with E-state index in [-0.39, 0.29) is 17.2 Å². The van der Waals surface area contributed by atoms with Crippen LogP contribution in [-0.2, 0) is 11.3 Å². The molecule has 3 aromatic rings. The number of carbonyl (C=O) groups is 1. The van der Waals surface area contributed by atoms with E-state index in [0.29, 0.717) is 28.5 Å². The maximum atomic E-state index is 13.1. The van der Waals surface area contributed by atoms with Crippen molar-refractivity contribution in [2.45, 2.75) is 45.3 Å². The Labute approximate surface area is 178 Å². The van der Waals surface area contributed by atoms with Crippen molar-refractivity contribution in [3.05, 3.63) is 45.1 Å². The van der Waals surface area contributed by atoms with Gasteiger partial charge in [-0.2, -0.15) is 0 Å². The first-order valence-corrected chi connectivity index (χ1v) is 11.3. The van der Waals surface area contributed by atoms with E-state index < -0.39 is 0 Å². The van der Waals surface area contributed by atoms with Crippen molar-refractivity contribution >= 4 is 44.9 Å². The highest BCUT2D eigenvalue weighted by Crippen LogP contribution is 2.29. The molecule has 1 N–H and O–H groups in total. The number of anilines is 1. The number of methoxy groups -OCH3 is 1. The maximum Gasteiger partial charge on any atom is 0.263 e. The van der Waals surface area contributed by atoms with Crippen LogP contribution in [0.15, 0.2) is 34.2 Å². The lowest BCUT2D eigenvalue weighted by Crippen LogP contribution is -2.24. The highest BCUT2D eigenvalue weighted by Gasteiger charge is 2.17. The monoisotopic (exact) mass is 431 g/mol. The van der Waals surface area contributed by atoms with Crippen LogP contribution in [0.25, 0.3) is 10.2 Å². The molecule has 0 aliphatic rings. The third-order valence-corrected chi connectivity index (χ3v) is 6.78. The van der Waals surface area contributed by atoms with Crippen LogP contribution in [0.1, 0.15) is 30.2 Å². The normalized spacial score (nSPS) is 11.0. The molecule has 0 aliphatic carbocycles. The van der Waals surface area contributed by atoms with Crippen molar-refractivity contribution in [3.63, 3.8) is 0 Å². The summed E-state index contributed by atoms with van der Waals surface area (Å²) in [6.07, 6.45) is 1.86. The van der Waals surface area contributed by atoms with Crippen LogP contribution in [0.4, 0.5) is 5.69 Å². The molecule has 154 valence electrons. The van der Waals surface area contributed by atoms with Gasteiger partial charge in [-0.3, -0.25) is 14.2 Å². The van der Waals surface area contributed by atoms with Crippen molar-refractivity contribution in [2.75, 3.05) is 18.2 Å². The van der Waals surface area contributed by atoms with Gasteiger partial charge in [0.05, 0.1) is 23.9 Å². The molecule has 0 unspecified atom stereocenters. The highest BCUT2D eigenvalue weighted by molar-refractivity contribution is 7.99. The van der Waals surface area contributed by atoms with E-state index in [1.165, 1.54) is 23.1 Å². The number of para-hydroxylation sites is 2. The Balaban J connectivity index is 1.84. The standard InChI is InChI=1S/C21H25N3O3S2/c1-5-6-11-24-20(26)18-13(2)14(3)29-19(18)23-21(24)28-12-17(25)22-15-9-7-8-10-16(15)27-4/h7-10H,5-6,11-12H2,1-4H3,(H,22,25). The summed E-state index contributed by atoms with van der Waals surface area (Å²) in [7, 11) is 1.57. The molecule has 29 heavy (non-hydrogen) atoms. The maximum absolute atomic E-state index is 13.1. The van der Waals surface area contributed by atoms with Gasteiger partial charge >= 0.3 is 0 Å². The molecule has 2 heterocycles. The number of nitrogens with one attached hydrogen (secondary N) is 1. The molecule has 2 aromatic heterocycles. The second-order valence-corrected chi connectivity index (χ2v) is 8.85.